The van der Waals surface area contributed by atoms with Crippen LogP contribution in [0.5, 0.6) is 5.75 Å². The van der Waals surface area contributed by atoms with Gasteiger partial charge in [0.15, 0.2) is 9.84 Å². The van der Waals surface area contributed by atoms with Gasteiger partial charge in [0.2, 0.25) is 0 Å². The molecule has 0 bridgehead atoms. The van der Waals surface area contributed by atoms with Gasteiger partial charge >= 0.3 is 0 Å². The standard InChI is InChI=1S/C23H38N2O5S/c1-20(31(3,26)27)24(2)19-23(9-15-28-16-10-23)21-5-7-22(8-6-21)30-14-4-11-25-12-17-29-18-13-25/h5-8,20H,4,9-19H2,1-3H3. The third kappa shape index (κ3) is 6.89. The zero-order chi connectivity index (χ0) is 22.3. The predicted molar refractivity (Wildman–Crippen MR) is 122 cm³/mol. The maximum atomic E-state index is 12.0. The monoisotopic (exact) mass is 454 g/mol. The SMILES string of the molecule is CC(N(C)CC1(c2ccc(OCCCN3CCOCC3)cc2)CCOCC1)S(C)(=O)=O. The fraction of sp³-hybridized carbons (Fsp3) is 0.739. The van der Waals surface area contributed by atoms with E-state index in [0.717, 1.165) is 57.9 Å². The maximum Gasteiger partial charge on any atom is 0.163 e. The van der Waals surface area contributed by atoms with Crippen LogP contribution in [0.15, 0.2) is 24.3 Å². The number of hydrogen-bond donors (Lipinski definition) is 0. The summed E-state index contributed by atoms with van der Waals surface area (Å²) in [5.74, 6) is 0.880. The Labute approximate surface area is 187 Å². The number of nitrogens with zero attached hydrogens (tertiary/aromatic N) is 2. The Morgan fingerprint density at radius 2 is 1.71 bits per heavy atom. The van der Waals surface area contributed by atoms with E-state index in [1.807, 2.05) is 24.1 Å². The number of likely N-dealkylation sites (N-methyl/N-ethyl adjacent to an activating group) is 1. The molecule has 0 spiro atoms. The Hall–Kier alpha value is -1.19. The third-order valence-corrected chi connectivity index (χ3v) is 8.30. The van der Waals surface area contributed by atoms with Gasteiger partial charge in [-0.2, -0.15) is 0 Å². The largest absolute Gasteiger partial charge is 0.494 e. The molecule has 0 aromatic heterocycles. The number of sulfone groups is 1. The van der Waals surface area contributed by atoms with Crippen LogP contribution >= 0.6 is 0 Å². The van der Waals surface area contributed by atoms with Crippen molar-refractivity contribution >= 4 is 9.84 Å². The second-order valence-electron chi connectivity index (χ2n) is 8.92. The van der Waals surface area contributed by atoms with Gasteiger partial charge in [-0.25, -0.2) is 8.42 Å². The molecule has 7 nitrogen and oxygen atoms in total. The van der Waals surface area contributed by atoms with Crippen LogP contribution in [0.2, 0.25) is 0 Å². The van der Waals surface area contributed by atoms with Crippen LogP contribution < -0.4 is 4.74 Å². The van der Waals surface area contributed by atoms with Crippen LogP contribution in [0.4, 0.5) is 0 Å². The molecule has 0 N–H and O–H groups in total. The van der Waals surface area contributed by atoms with E-state index in [1.165, 1.54) is 11.8 Å². The molecule has 2 saturated heterocycles. The van der Waals surface area contributed by atoms with Gasteiger partial charge in [0, 0.05) is 51.1 Å². The molecule has 31 heavy (non-hydrogen) atoms. The summed E-state index contributed by atoms with van der Waals surface area (Å²) in [7, 11) is -1.23. The molecular formula is C23H38N2O5S. The normalized spacial score (nSPS) is 21.2. The maximum absolute atomic E-state index is 12.0. The number of morpholine rings is 1. The molecule has 1 atom stereocenters. The fourth-order valence-electron chi connectivity index (χ4n) is 4.44. The Morgan fingerprint density at radius 3 is 2.32 bits per heavy atom. The van der Waals surface area contributed by atoms with Gasteiger partial charge in [0.25, 0.3) is 0 Å². The summed E-state index contributed by atoms with van der Waals surface area (Å²) >= 11 is 0. The number of benzene rings is 1. The molecule has 2 aliphatic rings. The van der Waals surface area contributed by atoms with E-state index in [2.05, 4.69) is 17.0 Å². The van der Waals surface area contributed by atoms with Crippen molar-refractivity contribution in [1.82, 2.24) is 9.80 Å². The minimum atomic E-state index is -3.13. The van der Waals surface area contributed by atoms with Crippen molar-refractivity contribution in [2.75, 3.05) is 72.5 Å². The van der Waals surface area contributed by atoms with Gasteiger partial charge in [0.1, 0.15) is 11.1 Å². The first-order valence-electron chi connectivity index (χ1n) is 11.3. The summed E-state index contributed by atoms with van der Waals surface area (Å²) in [4.78, 5) is 4.37. The highest BCUT2D eigenvalue weighted by Crippen LogP contribution is 2.37. The van der Waals surface area contributed by atoms with Gasteiger partial charge in [-0.15, -0.1) is 0 Å². The second kappa shape index (κ2) is 11.1. The Balaban J connectivity index is 1.58. The summed E-state index contributed by atoms with van der Waals surface area (Å²) in [6.07, 6.45) is 4.06. The summed E-state index contributed by atoms with van der Waals surface area (Å²) in [5, 5.41) is -0.513. The predicted octanol–water partition coefficient (Wildman–Crippen LogP) is 2.16. The first kappa shape index (κ1) is 24.5. The lowest BCUT2D eigenvalue weighted by Gasteiger charge is -2.41. The molecule has 1 aromatic carbocycles. The Bertz CT molecular complexity index is 772. The molecule has 0 radical (unpaired) electrons. The zero-order valence-electron chi connectivity index (χ0n) is 19.2. The lowest BCUT2D eigenvalue weighted by atomic mass is 9.73. The van der Waals surface area contributed by atoms with Crippen LogP contribution in [-0.4, -0.2) is 96.1 Å². The molecule has 0 saturated carbocycles. The van der Waals surface area contributed by atoms with Crippen molar-refractivity contribution in [3.8, 4) is 5.75 Å². The van der Waals surface area contributed by atoms with E-state index >= 15 is 0 Å². The van der Waals surface area contributed by atoms with E-state index in [4.69, 9.17) is 14.2 Å². The topological polar surface area (TPSA) is 68.3 Å². The minimum absolute atomic E-state index is 0.110. The zero-order valence-corrected chi connectivity index (χ0v) is 20.0. The molecule has 1 aromatic rings. The molecule has 2 fully saturated rings. The van der Waals surface area contributed by atoms with Crippen LogP contribution in [0.3, 0.4) is 0 Å². The quantitative estimate of drug-likeness (QED) is 0.502. The molecule has 0 aliphatic carbocycles. The molecule has 2 aliphatic heterocycles. The number of ether oxygens (including phenoxy) is 3. The number of hydrogen-bond acceptors (Lipinski definition) is 7. The van der Waals surface area contributed by atoms with Crippen molar-refractivity contribution in [1.29, 1.82) is 0 Å². The first-order valence-corrected chi connectivity index (χ1v) is 13.3. The third-order valence-electron chi connectivity index (χ3n) is 6.70. The summed E-state index contributed by atoms with van der Waals surface area (Å²) in [6, 6.07) is 8.37. The van der Waals surface area contributed by atoms with Crippen molar-refractivity contribution < 1.29 is 22.6 Å². The van der Waals surface area contributed by atoms with Crippen molar-refractivity contribution in [3.05, 3.63) is 29.8 Å². The smallest absolute Gasteiger partial charge is 0.163 e. The van der Waals surface area contributed by atoms with Gasteiger partial charge in [-0.3, -0.25) is 9.80 Å². The Kier molecular flexibility index (Phi) is 8.75. The molecule has 3 rings (SSSR count). The highest BCUT2D eigenvalue weighted by atomic mass is 32.2. The molecular weight excluding hydrogens is 416 g/mol. The molecule has 0 amide bonds. The lowest BCUT2D eigenvalue weighted by molar-refractivity contribution is 0.0356. The average Bonchev–Trinajstić information content (AvgIpc) is 2.77. The highest BCUT2D eigenvalue weighted by molar-refractivity contribution is 7.91. The van der Waals surface area contributed by atoms with Gasteiger partial charge in [-0.1, -0.05) is 12.1 Å². The molecule has 2 heterocycles. The highest BCUT2D eigenvalue weighted by Gasteiger charge is 2.37. The number of rotatable bonds is 10. The van der Waals surface area contributed by atoms with E-state index in [9.17, 15) is 8.42 Å². The van der Waals surface area contributed by atoms with E-state index < -0.39 is 15.2 Å². The Morgan fingerprint density at radius 1 is 1.10 bits per heavy atom. The van der Waals surface area contributed by atoms with Gasteiger partial charge < -0.3 is 14.2 Å². The van der Waals surface area contributed by atoms with Gasteiger partial charge in [-0.05, 0) is 50.9 Å². The molecule has 1 unspecified atom stereocenters. The average molecular weight is 455 g/mol. The van der Waals surface area contributed by atoms with Crippen molar-refractivity contribution in [3.63, 3.8) is 0 Å². The fourth-order valence-corrected chi connectivity index (χ4v) is 5.17. The summed E-state index contributed by atoms with van der Waals surface area (Å²) < 4.78 is 41.0. The van der Waals surface area contributed by atoms with Crippen molar-refractivity contribution in [2.24, 2.45) is 0 Å². The van der Waals surface area contributed by atoms with Crippen molar-refractivity contribution in [2.45, 2.75) is 37.0 Å². The van der Waals surface area contributed by atoms with Crippen LogP contribution in [0, 0.1) is 0 Å². The second-order valence-corrected chi connectivity index (χ2v) is 11.3. The van der Waals surface area contributed by atoms with Crippen LogP contribution in [0.1, 0.15) is 31.7 Å². The summed E-state index contributed by atoms with van der Waals surface area (Å²) in [5.41, 5.74) is 1.12. The first-order chi connectivity index (χ1) is 14.8. The van der Waals surface area contributed by atoms with Crippen LogP contribution in [-0.2, 0) is 24.7 Å². The minimum Gasteiger partial charge on any atom is -0.494 e. The van der Waals surface area contributed by atoms with Gasteiger partial charge in [0.05, 0.1) is 19.8 Å². The lowest BCUT2D eigenvalue weighted by Crippen LogP contribution is -2.47. The van der Waals surface area contributed by atoms with E-state index in [1.54, 1.807) is 6.92 Å². The van der Waals surface area contributed by atoms with E-state index in [0.29, 0.717) is 26.4 Å². The summed E-state index contributed by atoms with van der Waals surface area (Å²) in [6.45, 7) is 9.24. The molecule has 8 heteroatoms. The molecule has 176 valence electrons. The van der Waals surface area contributed by atoms with Crippen LogP contribution in [0.25, 0.3) is 0 Å². The van der Waals surface area contributed by atoms with E-state index in [-0.39, 0.29) is 5.41 Å².